The van der Waals surface area contributed by atoms with E-state index in [-0.39, 0.29) is 17.9 Å². The number of furan rings is 1. The van der Waals surface area contributed by atoms with Crippen molar-refractivity contribution < 1.29 is 19.1 Å². The lowest BCUT2D eigenvalue weighted by Crippen LogP contribution is -2.26. The lowest BCUT2D eigenvalue weighted by atomic mass is 9.99. The Labute approximate surface area is 182 Å². The second-order valence-electron chi connectivity index (χ2n) is 7.38. The van der Waals surface area contributed by atoms with Crippen molar-refractivity contribution >= 4 is 27.5 Å². The van der Waals surface area contributed by atoms with Gasteiger partial charge >= 0.3 is 5.97 Å². The number of carboxylic acid groups (broad SMARTS) is 1. The molecule has 31 heavy (non-hydrogen) atoms. The lowest BCUT2D eigenvalue weighted by Gasteiger charge is -2.12. The van der Waals surface area contributed by atoms with Crippen molar-refractivity contribution in [2.45, 2.75) is 26.8 Å². The van der Waals surface area contributed by atoms with E-state index in [0.29, 0.717) is 34.8 Å². The molecule has 7 nitrogen and oxygen atoms in total. The minimum atomic E-state index is -1.15. The summed E-state index contributed by atoms with van der Waals surface area (Å²) in [5.41, 5.74) is 3.92. The summed E-state index contributed by atoms with van der Waals surface area (Å²) < 4.78 is 12.1. The molecule has 0 amide bonds. The smallest absolute Gasteiger partial charge is 0.371 e. The van der Waals surface area contributed by atoms with Crippen LogP contribution in [0.4, 0.5) is 0 Å². The summed E-state index contributed by atoms with van der Waals surface area (Å²) in [5, 5.41) is 11.6. The van der Waals surface area contributed by atoms with E-state index in [4.69, 9.17) is 19.2 Å². The topological polar surface area (TPSA) is 94.6 Å². The molecular weight excluding hydrogens is 416 g/mol. The maximum Gasteiger partial charge on any atom is 0.371 e. The molecule has 4 rings (SSSR count). The van der Waals surface area contributed by atoms with E-state index in [1.165, 1.54) is 17.4 Å². The third-order valence-corrected chi connectivity index (χ3v) is 6.03. The molecule has 0 aliphatic rings. The highest BCUT2D eigenvalue weighted by Crippen LogP contribution is 2.33. The Balaban J connectivity index is 1.88. The van der Waals surface area contributed by atoms with Gasteiger partial charge in [0.25, 0.3) is 5.56 Å². The maximum absolute atomic E-state index is 13.6. The number of methoxy groups -OCH3 is 1. The van der Waals surface area contributed by atoms with Crippen LogP contribution >= 0.6 is 11.3 Å². The molecule has 0 unspecified atom stereocenters. The molecule has 0 fully saturated rings. The fourth-order valence-electron chi connectivity index (χ4n) is 3.66. The standard InChI is InChI=1S/C23H22N2O5S/c1-13-4-6-16(14(2)10-13)17-12-31-21-20(17)22(26)25(19(24-21)8-9-29-3)11-15-5-7-18(30-15)23(27)28/h4-7,10,12H,8-9,11H2,1-3H3,(H,27,28). The maximum atomic E-state index is 13.6. The predicted molar refractivity (Wildman–Crippen MR) is 119 cm³/mol. The Morgan fingerprint density at radius 3 is 2.71 bits per heavy atom. The van der Waals surface area contributed by atoms with E-state index in [2.05, 4.69) is 6.07 Å². The molecule has 160 valence electrons. The number of nitrogens with zero attached hydrogens (tertiary/aromatic N) is 2. The first-order chi connectivity index (χ1) is 14.9. The third-order valence-electron chi connectivity index (χ3n) is 5.16. The quantitative estimate of drug-likeness (QED) is 0.463. The van der Waals surface area contributed by atoms with Gasteiger partial charge in [-0.3, -0.25) is 9.36 Å². The van der Waals surface area contributed by atoms with Crippen molar-refractivity contribution in [3.63, 3.8) is 0 Å². The molecule has 8 heteroatoms. The number of aromatic nitrogens is 2. The van der Waals surface area contributed by atoms with E-state index in [0.717, 1.165) is 22.3 Å². The molecule has 0 bridgehead atoms. The number of hydrogen-bond donors (Lipinski definition) is 1. The Morgan fingerprint density at radius 1 is 1.23 bits per heavy atom. The monoisotopic (exact) mass is 438 g/mol. The van der Waals surface area contributed by atoms with Crippen molar-refractivity contribution in [1.82, 2.24) is 9.55 Å². The number of ether oxygens (including phenoxy) is 1. The Morgan fingerprint density at radius 2 is 2.03 bits per heavy atom. The third kappa shape index (κ3) is 4.04. The normalized spacial score (nSPS) is 11.3. The number of carbonyl (C=O) groups is 1. The minimum Gasteiger partial charge on any atom is -0.475 e. The van der Waals surface area contributed by atoms with Crippen molar-refractivity contribution in [3.8, 4) is 11.1 Å². The second kappa shape index (κ2) is 8.49. The Bertz CT molecular complexity index is 1330. The summed E-state index contributed by atoms with van der Waals surface area (Å²) in [4.78, 5) is 30.2. The lowest BCUT2D eigenvalue weighted by molar-refractivity contribution is 0.0660. The van der Waals surface area contributed by atoms with Gasteiger partial charge in [0.2, 0.25) is 5.76 Å². The van der Waals surface area contributed by atoms with Gasteiger partial charge in [-0.15, -0.1) is 11.3 Å². The molecule has 3 aromatic heterocycles. The van der Waals surface area contributed by atoms with Crippen molar-refractivity contribution in [2.75, 3.05) is 13.7 Å². The molecule has 0 aliphatic heterocycles. The van der Waals surface area contributed by atoms with Crippen LogP contribution in [-0.4, -0.2) is 34.3 Å². The van der Waals surface area contributed by atoms with Gasteiger partial charge in [0, 0.05) is 24.5 Å². The number of thiophene rings is 1. The number of aryl methyl sites for hydroxylation is 2. The second-order valence-corrected chi connectivity index (χ2v) is 8.24. The number of hydrogen-bond acceptors (Lipinski definition) is 6. The Kier molecular flexibility index (Phi) is 5.75. The van der Waals surface area contributed by atoms with Crippen LogP contribution in [0.1, 0.15) is 33.3 Å². The fraction of sp³-hybridized carbons (Fsp3) is 0.261. The number of fused-ring (bicyclic) bond motifs is 1. The number of rotatable bonds is 7. The van der Waals surface area contributed by atoms with E-state index in [9.17, 15) is 9.59 Å². The van der Waals surface area contributed by atoms with Gasteiger partial charge in [0.15, 0.2) is 0 Å². The average molecular weight is 439 g/mol. The van der Waals surface area contributed by atoms with Crippen LogP contribution in [0.15, 0.2) is 44.9 Å². The molecule has 1 N–H and O–H groups in total. The van der Waals surface area contributed by atoms with Gasteiger partial charge in [-0.25, -0.2) is 9.78 Å². The van der Waals surface area contributed by atoms with Crippen molar-refractivity contribution in [1.29, 1.82) is 0 Å². The van der Waals surface area contributed by atoms with Crippen LogP contribution in [0, 0.1) is 13.8 Å². The number of carboxylic acids is 1. The fourth-order valence-corrected chi connectivity index (χ4v) is 4.61. The van der Waals surface area contributed by atoms with Gasteiger partial charge in [0.1, 0.15) is 16.4 Å². The number of benzene rings is 1. The summed E-state index contributed by atoms with van der Waals surface area (Å²) in [6, 6.07) is 9.10. The van der Waals surface area contributed by atoms with Gasteiger partial charge in [-0.05, 0) is 37.1 Å². The first-order valence-electron chi connectivity index (χ1n) is 9.78. The molecule has 0 saturated carbocycles. The molecule has 0 spiro atoms. The van der Waals surface area contributed by atoms with Crippen molar-refractivity contribution in [3.05, 3.63) is 74.5 Å². The van der Waals surface area contributed by atoms with E-state index in [1.807, 2.05) is 31.4 Å². The first-order valence-corrected chi connectivity index (χ1v) is 10.7. The minimum absolute atomic E-state index is 0.0935. The van der Waals surface area contributed by atoms with Crippen LogP contribution in [0.5, 0.6) is 0 Å². The molecule has 0 atom stereocenters. The van der Waals surface area contributed by atoms with Crippen LogP contribution in [0.2, 0.25) is 0 Å². The molecule has 4 aromatic rings. The zero-order valence-corrected chi connectivity index (χ0v) is 18.3. The van der Waals surface area contributed by atoms with Gasteiger partial charge in [0.05, 0.1) is 18.5 Å². The summed E-state index contributed by atoms with van der Waals surface area (Å²) in [7, 11) is 1.59. The average Bonchev–Trinajstić information content (AvgIpc) is 3.36. The SMILES string of the molecule is COCCc1nc2scc(-c3ccc(C)cc3C)c2c(=O)n1Cc1ccc(C(=O)O)o1. The van der Waals surface area contributed by atoms with Crippen LogP contribution in [-0.2, 0) is 17.7 Å². The highest BCUT2D eigenvalue weighted by atomic mass is 32.1. The first kappa shape index (κ1) is 21.0. The summed E-state index contributed by atoms with van der Waals surface area (Å²) in [6.07, 6.45) is 0.449. The molecule has 0 saturated heterocycles. The molecule has 3 heterocycles. The summed E-state index contributed by atoms with van der Waals surface area (Å²) in [6.45, 7) is 4.57. The number of aromatic carboxylic acids is 1. The largest absolute Gasteiger partial charge is 0.475 e. The highest BCUT2D eigenvalue weighted by Gasteiger charge is 2.19. The van der Waals surface area contributed by atoms with Crippen LogP contribution < -0.4 is 5.56 Å². The van der Waals surface area contributed by atoms with Crippen LogP contribution in [0.3, 0.4) is 0 Å². The molecule has 0 radical (unpaired) electrons. The molecular formula is C23H22N2O5S. The summed E-state index contributed by atoms with van der Waals surface area (Å²) >= 11 is 1.44. The van der Waals surface area contributed by atoms with Crippen LogP contribution in [0.25, 0.3) is 21.3 Å². The predicted octanol–water partition coefficient (Wildman–Crippen LogP) is 4.27. The van der Waals surface area contributed by atoms with E-state index in [1.54, 1.807) is 17.7 Å². The summed E-state index contributed by atoms with van der Waals surface area (Å²) in [5.74, 6) is -0.368. The van der Waals surface area contributed by atoms with Gasteiger partial charge < -0.3 is 14.3 Å². The Hall–Kier alpha value is -3.23. The molecule has 1 aromatic carbocycles. The van der Waals surface area contributed by atoms with Gasteiger partial charge in [-0.1, -0.05) is 23.8 Å². The highest BCUT2D eigenvalue weighted by molar-refractivity contribution is 7.17. The van der Waals surface area contributed by atoms with Gasteiger partial charge in [-0.2, -0.15) is 0 Å². The van der Waals surface area contributed by atoms with E-state index < -0.39 is 5.97 Å². The van der Waals surface area contributed by atoms with Crippen molar-refractivity contribution in [2.24, 2.45) is 0 Å². The zero-order valence-electron chi connectivity index (χ0n) is 17.5. The molecule has 0 aliphatic carbocycles. The zero-order chi connectivity index (χ0) is 22.1. The van der Waals surface area contributed by atoms with E-state index >= 15 is 0 Å².